The third-order valence-electron chi connectivity index (χ3n) is 7.48. The van der Waals surface area contributed by atoms with Gasteiger partial charge in [-0.1, -0.05) is 18.2 Å². The maximum absolute atomic E-state index is 9.31. The highest BCUT2D eigenvalue weighted by Crippen LogP contribution is 2.37. The number of benzene rings is 2. The number of pyridine rings is 1. The molecule has 0 N–H and O–H groups in total. The first kappa shape index (κ1) is 22.4. The van der Waals surface area contributed by atoms with Crippen LogP contribution >= 0.6 is 0 Å². The van der Waals surface area contributed by atoms with Crippen LogP contribution in [0.25, 0.3) is 44.3 Å². The summed E-state index contributed by atoms with van der Waals surface area (Å²) in [5.74, 6) is 0.647. The van der Waals surface area contributed by atoms with Gasteiger partial charge in [-0.3, -0.25) is 9.67 Å². The monoisotopic (exact) mass is 475 g/mol. The molecule has 7 nitrogen and oxygen atoms in total. The number of aromatic nitrogens is 5. The second-order valence-corrected chi connectivity index (χ2v) is 9.78. The van der Waals surface area contributed by atoms with E-state index in [1.807, 2.05) is 47.7 Å². The first-order chi connectivity index (χ1) is 17.6. The number of nitriles is 1. The van der Waals surface area contributed by atoms with Crippen LogP contribution in [-0.4, -0.2) is 49.4 Å². The van der Waals surface area contributed by atoms with Crippen LogP contribution in [0.3, 0.4) is 0 Å². The first-order valence-electron chi connectivity index (χ1n) is 12.6. The van der Waals surface area contributed by atoms with Gasteiger partial charge in [-0.2, -0.15) is 10.4 Å². The summed E-state index contributed by atoms with van der Waals surface area (Å²) in [6.45, 7) is 6.18. The molecule has 0 aliphatic carbocycles. The molecule has 0 atom stereocenters. The molecule has 5 aromatic rings. The zero-order chi connectivity index (χ0) is 24.6. The van der Waals surface area contributed by atoms with Crippen molar-refractivity contribution in [3.05, 3.63) is 66.7 Å². The highest BCUT2D eigenvalue weighted by Gasteiger charge is 2.21. The smallest absolute Gasteiger partial charge is 0.100 e. The lowest BCUT2D eigenvalue weighted by Crippen LogP contribution is -2.31. The number of nitrogens with zero attached hydrogens (tertiary/aromatic N) is 7. The molecule has 1 fully saturated rings. The standard InChI is InChI=1S/C29H29N7/c1-3-36-25-9-8-23(14-24(25)16-33-36)28-27(22-6-4-20(15-30)5-7-22)29-26(17-31-28)35(19-32-29)18-21-10-12-34(2)13-11-21/h4-9,14,16-17,19,21H,3,10-13,18H2,1-2H3. The van der Waals surface area contributed by atoms with Gasteiger partial charge in [0.05, 0.1) is 47.1 Å². The third-order valence-corrected chi connectivity index (χ3v) is 7.48. The molecule has 0 amide bonds. The van der Waals surface area contributed by atoms with Crippen LogP contribution < -0.4 is 0 Å². The fourth-order valence-corrected chi connectivity index (χ4v) is 5.38. The van der Waals surface area contributed by atoms with E-state index in [0.29, 0.717) is 11.5 Å². The van der Waals surface area contributed by atoms with E-state index in [1.165, 1.54) is 12.8 Å². The van der Waals surface area contributed by atoms with Crippen LogP contribution in [0.4, 0.5) is 0 Å². The van der Waals surface area contributed by atoms with Crippen molar-refractivity contribution in [2.75, 3.05) is 20.1 Å². The Hall–Kier alpha value is -4.02. The van der Waals surface area contributed by atoms with Crippen molar-refractivity contribution in [3.8, 4) is 28.5 Å². The summed E-state index contributed by atoms with van der Waals surface area (Å²) in [5, 5.41) is 14.9. The average Bonchev–Trinajstić information content (AvgIpc) is 3.53. The number of likely N-dealkylation sites (tertiary alicyclic amines) is 1. The molecule has 1 aliphatic rings. The molecule has 3 aromatic heterocycles. The predicted molar refractivity (Wildman–Crippen MR) is 142 cm³/mol. The molecule has 2 aromatic carbocycles. The van der Waals surface area contributed by atoms with Gasteiger partial charge in [0.25, 0.3) is 0 Å². The van der Waals surface area contributed by atoms with Gasteiger partial charge in [0.2, 0.25) is 0 Å². The maximum Gasteiger partial charge on any atom is 0.100 e. The number of piperidine rings is 1. The Balaban J connectivity index is 1.48. The zero-order valence-electron chi connectivity index (χ0n) is 20.7. The summed E-state index contributed by atoms with van der Waals surface area (Å²) >= 11 is 0. The highest BCUT2D eigenvalue weighted by molar-refractivity contribution is 6.00. The van der Waals surface area contributed by atoms with E-state index in [1.54, 1.807) is 0 Å². The Morgan fingerprint density at radius 1 is 0.972 bits per heavy atom. The topological polar surface area (TPSA) is 75.6 Å². The number of aryl methyl sites for hydroxylation is 1. The minimum absolute atomic E-state index is 0.640. The summed E-state index contributed by atoms with van der Waals surface area (Å²) in [7, 11) is 2.20. The predicted octanol–water partition coefficient (Wildman–Crippen LogP) is 5.35. The Morgan fingerprint density at radius 2 is 1.75 bits per heavy atom. The molecule has 0 radical (unpaired) electrons. The van der Waals surface area contributed by atoms with Crippen LogP contribution in [0, 0.1) is 17.2 Å². The zero-order valence-corrected chi connectivity index (χ0v) is 20.7. The quantitative estimate of drug-likeness (QED) is 0.343. The maximum atomic E-state index is 9.31. The van der Waals surface area contributed by atoms with Crippen LogP contribution in [0.1, 0.15) is 25.3 Å². The molecule has 1 saturated heterocycles. The fourth-order valence-electron chi connectivity index (χ4n) is 5.38. The van der Waals surface area contributed by atoms with Crippen LogP contribution in [0.5, 0.6) is 0 Å². The molecule has 0 bridgehead atoms. The molecule has 7 heteroatoms. The average molecular weight is 476 g/mol. The molecule has 36 heavy (non-hydrogen) atoms. The van der Waals surface area contributed by atoms with Crippen molar-refractivity contribution in [3.63, 3.8) is 0 Å². The molecule has 0 spiro atoms. The van der Waals surface area contributed by atoms with E-state index in [9.17, 15) is 5.26 Å². The van der Waals surface area contributed by atoms with Crippen LogP contribution in [-0.2, 0) is 13.1 Å². The number of fused-ring (bicyclic) bond motifs is 2. The van der Waals surface area contributed by atoms with Crippen molar-refractivity contribution in [1.82, 2.24) is 29.2 Å². The molecule has 6 rings (SSSR count). The Labute approximate surface area is 210 Å². The van der Waals surface area contributed by atoms with Crippen LogP contribution in [0.15, 0.2) is 61.2 Å². The number of imidazole rings is 1. The molecule has 1 aliphatic heterocycles. The Kier molecular flexibility index (Phi) is 5.74. The van der Waals surface area contributed by atoms with E-state index in [0.717, 1.165) is 70.5 Å². The van der Waals surface area contributed by atoms with E-state index < -0.39 is 0 Å². The summed E-state index contributed by atoms with van der Waals surface area (Å²) in [5.41, 5.74) is 7.69. The number of hydrogen-bond donors (Lipinski definition) is 0. The Morgan fingerprint density at radius 3 is 2.50 bits per heavy atom. The van der Waals surface area contributed by atoms with Gasteiger partial charge in [0, 0.05) is 29.6 Å². The van der Waals surface area contributed by atoms with Gasteiger partial charge >= 0.3 is 0 Å². The van der Waals surface area contributed by atoms with Gasteiger partial charge in [-0.15, -0.1) is 0 Å². The highest BCUT2D eigenvalue weighted by atomic mass is 15.3. The van der Waals surface area contributed by atoms with E-state index in [-0.39, 0.29) is 0 Å². The fraction of sp³-hybridized carbons (Fsp3) is 0.310. The number of hydrogen-bond acceptors (Lipinski definition) is 5. The Bertz CT molecular complexity index is 1580. The van der Waals surface area contributed by atoms with Gasteiger partial charge in [0.15, 0.2) is 0 Å². The summed E-state index contributed by atoms with van der Waals surface area (Å²) in [4.78, 5) is 12.3. The minimum atomic E-state index is 0.640. The van der Waals surface area contributed by atoms with Gasteiger partial charge in [-0.05, 0) is 75.6 Å². The van der Waals surface area contributed by atoms with Crippen molar-refractivity contribution in [2.24, 2.45) is 5.92 Å². The SMILES string of the molecule is CCn1ncc2cc(-c3ncc4c(ncn4CC4CCN(C)CC4)c3-c3ccc(C#N)cc3)ccc21. The lowest BCUT2D eigenvalue weighted by atomic mass is 9.96. The van der Waals surface area contributed by atoms with Gasteiger partial charge < -0.3 is 9.47 Å². The summed E-state index contributed by atoms with van der Waals surface area (Å²) < 4.78 is 4.27. The normalized spacial score (nSPS) is 15.0. The van der Waals surface area contributed by atoms with Gasteiger partial charge in [-0.25, -0.2) is 4.98 Å². The largest absolute Gasteiger partial charge is 0.329 e. The molecule has 0 saturated carbocycles. The molecule has 0 unspecified atom stereocenters. The van der Waals surface area contributed by atoms with Gasteiger partial charge in [0.1, 0.15) is 5.52 Å². The van der Waals surface area contributed by atoms with E-state index >= 15 is 0 Å². The number of rotatable bonds is 5. The lowest BCUT2D eigenvalue weighted by Gasteiger charge is -2.29. The minimum Gasteiger partial charge on any atom is -0.329 e. The lowest BCUT2D eigenvalue weighted by molar-refractivity contribution is 0.206. The second kappa shape index (κ2) is 9.21. The summed E-state index contributed by atoms with van der Waals surface area (Å²) in [6.07, 6.45) is 8.26. The molecular formula is C29H29N7. The first-order valence-corrected chi connectivity index (χ1v) is 12.6. The van der Waals surface area contributed by atoms with Crippen molar-refractivity contribution in [2.45, 2.75) is 32.9 Å². The van der Waals surface area contributed by atoms with Crippen molar-refractivity contribution < 1.29 is 0 Å². The van der Waals surface area contributed by atoms with Crippen molar-refractivity contribution >= 4 is 21.9 Å². The van der Waals surface area contributed by atoms with E-state index in [4.69, 9.17) is 9.97 Å². The summed E-state index contributed by atoms with van der Waals surface area (Å²) in [6, 6.07) is 16.3. The second-order valence-electron chi connectivity index (χ2n) is 9.78. The molecule has 180 valence electrons. The molecule has 4 heterocycles. The van der Waals surface area contributed by atoms with Crippen molar-refractivity contribution in [1.29, 1.82) is 5.26 Å². The third kappa shape index (κ3) is 3.94. The van der Waals surface area contributed by atoms with E-state index in [2.05, 4.69) is 52.8 Å². The molecular weight excluding hydrogens is 446 g/mol. The van der Waals surface area contributed by atoms with Crippen LogP contribution in [0.2, 0.25) is 0 Å².